The van der Waals surface area contributed by atoms with E-state index in [4.69, 9.17) is 0 Å². The number of para-hydroxylation sites is 3. The number of benzene rings is 9. The molecule has 1 spiro atoms. The Labute approximate surface area is 332 Å². The van der Waals surface area contributed by atoms with E-state index in [1.807, 2.05) is 0 Å². The van der Waals surface area contributed by atoms with Crippen LogP contribution < -0.4 is 4.90 Å². The Morgan fingerprint density at radius 2 is 0.789 bits per heavy atom. The van der Waals surface area contributed by atoms with Crippen LogP contribution >= 0.6 is 0 Å². The maximum absolute atomic E-state index is 2.43. The summed E-state index contributed by atoms with van der Waals surface area (Å²) in [5.41, 5.74) is 19.5. The molecule has 1 heterocycles. The van der Waals surface area contributed by atoms with Gasteiger partial charge < -0.3 is 9.47 Å². The van der Waals surface area contributed by atoms with Gasteiger partial charge in [-0.3, -0.25) is 0 Å². The zero-order valence-corrected chi connectivity index (χ0v) is 31.2. The Hall–Kier alpha value is -7.42. The zero-order valence-electron chi connectivity index (χ0n) is 31.2. The van der Waals surface area contributed by atoms with Crippen molar-refractivity contribution in [1.29, 1.82) is 0 Å². The smallest absolute Gasteiger partial charge is 0.0725 e. The van der Waals surface area contributed by atoms with E-state index in [1.165, 1.54) is 77.4 Å². The second-order valence-electron chi connectivity index (χ2n) is 15.3. The lowest BCUT2D eigenvalue weighted by atomic mass is 9.70. The summed E-state index contributed by atoms with van der Waals surface area (Å²) in [5, 5.41) is 2.53. The van der Waals surface area contributed by atoms with E-state index < -0.39 is 0 Å². The van der Waals surface area contributed by atoms with Crippen molar-refractivity contribution >= 4 is 38.9 Å². The topological polar surface area (TPSA) is 8.17 Å². The summed E-state index contributed by atoms with van der Waals surface area (Å²) in [5.74, 6) is 0. The van der Waals surface area contributed by atoms with E-state index >= 15 is 0 Å². The maximum atomic E-state index is 2.43. The number of aromatic nitrogens is 1. The predicted octanol–water partition coefficient (Wildman–Crippen LogP) is 14.3. The highest BCUT2D eigenvalue weighted by Gasteiger charge is 2.51. The SMILES string of the molecule is c1ccc(N(c2cccc(-c3cccc(-n4c5ccccc5c5ccccc54)c3)c2)c2ccc3c(c2)-c2ccccc2C32c3ccccc3-c3ccccc32)cc1. The first kappa shape index (κ1) is 31.9. The number of hydrogen-bond acceptors (Lipinski definition) is 1. The number of rotatable bonds is 5. The molecule has 0 unspecified atom stereocenters. The Balaban J connectivity index is 1.02. The monoisotopic (exact) mass is 724 g/mol. The standard InChI is InChI=1S/C55H36N2/c1-2-18-39(19-3-1)56(40-20-14-16-37(34-40)38-17-15-21-41(35-38)57-53-30-12-7-25-46(53)47-26-8-13-31-54(47)57)42-32-33-52-48(36-42)45-24-6-11-29-51(45)55(52)49-27-9-4-22-43(49)44-23-5-10-28-50(44)55/h1-36H. The molecular formula is C55H36N2. The molecule has 57 heavy (non-hydrogen) atoms. The molecule has 266 valence electrons. The van der Waals surface area contributed by atoms with Gasteiger partial charge in [-0.25, -0.2) is 0 Å². The van der Waals surface area contributed by atoms with Crippen LogP contribution in [0.3, 0.4) is 0 Å². The Bertz CT molecular complexity index is 3110. The van der Waals surface area contributed by atoms with Gasteiger partial charge in [0.15, 0.2) is 0 Å². The average molecular weight is 725 g/mol. The van der Waals surface area contributed by atoms with Gasteiger partial charge in [-0.05, 0) is 116 Å². The highest BCUT2D eigenvalue weighted by molar-refractivity contribution is 6.09. The Morgan fingerprint density at radius 1 is 0.316 bits per heavy atom. The molecule has 10 aromatic rings. The molecule has 2 aliphatic carbocycles. The molecular weight excluding hydrogens is 689 g/mol. The molecule has 0 fully saturated rings. The first-order valence-electron chi connectivity index (χ1n) is 19.8. The van der Waals surface area contributed by atoms with Gasteiger partial charge >= 0.3 is 0 Å². The van der Waals surface area contributed by atoms with E-state index in [0.717, 1.165) is 22.7 Å². The number of hydrogen-bond donors (Lipinski definition) is 0. The van der Waals surface area contributed by atoms with Crippen LogP contribution in [0, 0.1) is 0 Å². The summed E-state index contributed by atoms with van der Waals surface area (Å²) in [6, 6.07) is 80.4. The molecule has 0 bridgehead atoms. The molecule has 0 atom stereocenters. The Morgan fingerprint density at radius 3 is 1.44 bits per heavy atom. The minimum absolute atomic E-state index is 0.365. The van der Waals surface area contributed by atoms with Crippen molar-refractivity contribution in [2.45, 2.75) is 5.41 Å². The average Bonchev–Trinajstić information content (AvgIpc) is 3.89. The van der Waals surface area contributed by atoms with E-state index in [0.29, 0.717) is 0 Å². The van der Waals surface area contributed by atoms with Crippen molar-refractivity contribution < 1.29 is 0 Å². The molecule has 0 radical (unpaired) electrons. The molecule has 0 amide bonds. The van der Waals surface area contributed by atoms with Crippen molar-refractivity contribution in [3.63, 3.8) is 0 Å². The summed E-state index contributed by atoms with van der Waals surface area (Å²) < 4.78 is 2.39. The van der Waals surface area contributed by atoms with Crippen LogP contribution in [0.15, 0.2) is 218 Å². The van der Waals surface area contributed by atoms with Gasteiger partial charge in [0.25, 0.3) is 0 Å². The quantitative estimate of drug-likeness (QED) is 0.172. The van der Waals surface area contributed by atoms with Crippen molar-refractivity contribution in [2.24, 2.45) is 0 Å². The van der Waals surface area contributed by atoms with Gasteiger partial charge in [-0.15, -0.1) is 0 Å². The lowest BCUT2D eigenvalue weighted by Gasteiger charge is -2.31. The summed E-state index contributed by atoms with van der Waals surface area (Å²) in [6.45, 7) is 0. The first-order chi connectivity index (χ1) is 28.3. The Kier molecular flexibility index (Phi) is 6.88. The summed E-state index contributed by atoms with van der Waals surface area (Å²) in [7, 11) is 0. The second-order valence-corrected chi connectivity index (χ2v) is 15.3. The van der Waals surface area contributed by atoms with Gasteiger partial charge in [0, 0.05) is 33.5 Å². The highest BCUT2D eigenvalue weighted by Crippen LogP contribution is 2.63. The summed E-state index contributed by atoms with van der Waals surface area (Å²) >= 11 is 0. The van der Waals surface area contributed by atoms with Crippen molar-refractivity contribution in [3.8, 4) is 39.1 Å². The molecule has 12 rings (SSSR count). The summed E-state index contributed by atoms with van der Waals surface area (Å²) in [6.07, 6.45) is 0. The third-order valence-corrected chi connectivity index (χ3v) is 12.4. The maximum Gasteiger partial charge on any atom is 0.0725 e. The molecule has 9 aromatic carbocycles. The molecule has 2 nitrogen and oxygen atoms in total. The largest absolute Gasteiger partial charge is 0.310 e. The highest BCUT2D eigenvalue weighted by atomic mass is 15.1. The fourth-order valence-electron chi connectivity index (χ4n) is 10.1. The molecule has 0 N–H and O–H groups in total. The van der Waals surface area contributed by atoms with Crippen LogP contribution in [0.25, 0.3) is 60.9 Å². The second kappa shape index (κ2) is 12.3. The van der Waals surface area contributed by atoms with Crippen molar-refractivity contribution in [3.05, 3.63) is 241 Å². The third kappa shape index (κ3) is 4.53. The number of fused-ring (bicyclic) bond motifs is 13. The van der Waals surface area contributed by atoms with E-state index in [-0.39, 0.29) is 5.41 Å². The van der Waals surface area contributed by atoms with Gasteiger partial charge in [-0.2, -0.15) is 0 Å². The van der Waals surface area contributed by atoms with E-state index in [1.54, 1.807) is 0 Å². The summed E-state index contributed by atoms with van der Waals surface area (Å²) in [4.78, 5) is 2.41. The van der Waals surface area contributed by atoms with Gasteiger partial charge in [0.2, 0.25) is 0 Å². The van der Waals surface area contributed by atoms with Gasteiger partial charge in [0.05, 0.1) is 16.4 Å². The molecule has 2 heteroatoms. The van der Waals surface area contributed by atoms with Gasteiger partial charge in [0.1, 0.15) is 0 Å². The number of nitrogens with zero attached hydrogens (tertiary/aromatic N) is 2. The minimum Gasteiger partial charge on any atom is -0.310 e. The van der Waals surface area contributed by atoms with Crippen molar-refractivity contribution in [2.75, 3.05) is 4.90 Å². The molecule has 1 aromatic heterocycles. The van der Waals surface area contributed by atoms with Gasteiger partial charge in [-0.1, -0.05) is 158 Å². The van der Waals surface area contributed by atoms with Crippen LogP contribution in [0.4, 0.5) is 17.1 Å². The van der Waals surface area contributed by atoms with E-state index in [9.17, 15) is 0 Å². The third-order valence-electron chi connectivity index (χ3n) is 12.4. The molecule has 2 aliphatic rings. The first-order valence-corrected chi connectivity index (χ1v) is 19.8. The molecule has 0 aliphatic heterocycles. The lowest BCUT2D eigenvalue weighted by Crippen LogP contribution is -2.25. The van der Waals surface area contributed by atoms with Crippen LogP contribution in [0.2, 0.25) is 0 Å². The molecule has 0 saturated heterocycles. The van der Waals surface area contributed by atoms with Crippen LogP contribution in [0.5, 0.6) is 0 Å². The van der Waals surface area contributed by atoms with Crippen LogP contribution in [-0.4, -0.2) is 4.57 Å². The fourth-order valence-corrected chi connectivity index (χ4v) is 10.1. The molecule has 0 saturated carbocycles. The minimum atomic E-state index is -0.365. The normalized spacial score (nSPS) is 13.1. The van der Waals surface area contributed by atoms with E-state index in [2.05, 4.69) is 228 Å². The number of anilines is 3. The fraction of sp³-hybridized carbons (Fsp3) is 0.0182. The zero-order chi connectivity index (χ0) is 37.5. The predicted molar refractivity (Wildman–Crippen MR) is 237 cm³/mol. The van der Waals surface area contributed by atoms with Crippen LogP contribution in [-0.2, 0) is 5.41 Å². The lowest BCUT2D eigenvalue weighted by molar-refractivity contribution is 0.794. The van der Waals surface area contributed by atoms with Crippen molar-refractivity contribution in [1.82, 2.24) is 4.57 Å². The van der Waals surface area contributed by atoms with Crippen LogP contribution in [0.1, 0.15) is 22.3 Å².